The van der Waals surface area contributed by atoms with Gasteiger partial charge in [-0.15, -0.1) is 12.4 Å². The maximum absolute atomic E-state index is 10.4. The molecule has 1 unspecified atom stereocenters. The monoisotopic (exact) mass is 422 g/mol. The van der Waals surface area contributed by atoms with Crippen molar-refractivity contribution in [2.24, 2.45) is 0 Å². The molecule has 0 bridgehead atoms. The molecule has 0 fully saturated rings. The van der Waals surface area contributed by atoms with Gasteiger partial charge in [-0.3, -0.25) is 0 Å². The molecule has 0 heterocycles. The van der Waals surface area contributed by atoms with Gasteiger partial charge in [0.25, 0.3) is 0 Å². The molecule has 1 atom stereocenters. The SMILES string of the molecule is CN(CCCc1ccc(Cl)cc1)CC(O)c1cc(Cl)c(N)c(Cl)c1.Cl. The summed E-state index contributed by atoms with van der Waals surface area (Å²) < 4.78 is 0. The van der Waals surface area contributed by atoms with Crippen LogP contribution in [-0.2, 0) is 6.42 Å². The van der Waals surface area contributed by atoms with Gasteiger partial charge in [-0.05, 0) is 61.8 Å². The summed E-state index contributed by atoms with van der Waals surface area (Å²) in [4.78, 5) is 2.08. The molecule has 2 aromatic carbocycles. The van der Waals surface area contributed by atoms with E-state index in [0.717, 1.165) is 24.4 Å². The zero-order valence-corrected chi connectivity index (χ0v) is 17.0. The summed E-state index contributed by atoms with van der Waals surface area (Å²) in [7, 11) is 1.98. The van der Waals surface area contributed by atoms with Crippen LogP contribution in [-0.4, -0.2) is 30.1 Å². The zero-order valence-electron chi connectivity index (χ0n) is 13.9. The lowest BCUT2D eigenvalue weighted by atomic mass is 10.1. The maximum atomic E-state index is 10.4. The van der Waals surface area contributed by atoms with Crippen LogP contribution in [0.2, 0.25) is 15.1 Å². The summed E-state index contributed by atoms with van der Waals surface area (Å²) in [5.74, 6) is 0. The van der Waals surface area contributed by atoms with Crippen molar-refractivity contribution >= 4 is 52.9 Å². The van der Waals surface area contributed by atoms with Crippen LogP contribution in [0.3, 0.4) is 0 Å². The maximum Gasteiger partial charge on any atom is 0.0917 e. The van der Waals surface area contributed by atoms with Crippen LogP contribution in [0.5, 0.6) is 0 Å². The van der Waals surface area contributed by atoms with E-state index in [9.17, 15) is 5.11 Å². The quantitative estimate of drug-likeness (QED) is 0.598. The Morgan fingerprint density at radius 1 is 1.08 bits per heavy atom. The summed E-state index contributed by atoms with van der Waals surface area (Å²) in [6.07, 6.45) is 1.30. The molecule has 0 amide bonds. The Hall–Kier alpha value is -0.680. The van der Waals surface area contributed by atoms with Gasteiger partial charge in [0.05, 0.1) is 21.8 Å². The Morgan fingerprint density at radius 2 is 1.64 bits per heavy atom. The van der Waals surface area contributed by atoms with Gasteiger partial charge >= 0.3 is 0 Å². The Balaban J connectivity index is 0.00000312. The first-order valence-corrected chi connectivity index (χ1v) is 8.85. The van der Waals surface area contributed by atoms with Crippen molar-refractivity contribution in [1.29, 1.82) is 0 Å². The van der Waals surface area contributed by atoms with Crippen molar-refractivity contribution in [3.05, 3.63) is 62.6 Å². The van der Waals surface area contributed by atoms with Crippen LogP contribution in [0.4, 0.5) is 5.69 Å². The van der Waals surface area contributed by atoms with Crippen molar-refractivity contribution in [1.82, 2.24) is 4.90 Å². The van der Waals surface area contributed by atoms with Gasteiger partial charge in [0.2, 0.25) is 0 Å². The zero-order chi connectivity index (χ0) is 17.7. The molecule has 0 saturated carbocycles. The van der Waals surface area contributed by atoms with E-state index < -0.39 is 6.10 Å². The number of nitrogens with two attached hydrogens (primary N) is 1. The van der Waals surface area contributed by atoms with E-state index in [1.807, 2.05) is 31.3 Å². The molecule has 25 heavy (non-hydrogen) atoms. The number of aliphatic hydroxyl groups excluding tert-OH is 1. The Labute approximate surface area is 170 Å². The molecule has 2 rings (SSSR count). The minimum absolute atomic E-state index is 0. The number of nitrogen functional groups attached to an aromatic ring is 1. The number of hydrogen-bond acceptors (Lipinski definition) is 3. The van der Waals surface area contributed by atoms with Gasteiger partial charge in [-0.25, -0.2) is 0 Å². The van der Waals surface area contributed by atoms with E-state index in [1.54, 1.807) is 12.1 Å². The highest BCUT2D eigenvalue weighted by atomic mass is 35.5. The molecule has 0 aromatic heterocycles. The number of rotatable bonds is 7. The summed E-state index contributed by atoms with van der Waals surface area (Å²) >= 11 is 17.9. The predicted octanol–water partition coefficient (Wildman–Crippen LogP) is 5.25. The molecular weight excluding hydrogens is 402 g/mol. The summed E-state index contributed by atoms with van der Waals surface area (Å²) in [5, 5.41) is 11.8. The third-order valence-corrected chi connectivity index (χ3v) is 4.77. The second-order valence-corrected chi connectivity index (χ2v) is 7.16. The van der Waals surface area contributed by atoms with E-state index in [1.165, 1.54) is 5.56 Å². The Morgan fingerprint density at radius 3 is 2.20 bits per heavy atom. The topological polar surface area (TPSA) is 49.5 Å². The predicted molar refractivity (Wildman–Crippen MR) is 110 cm³/mol. The van der Waals surface area contributed by atoms with Crippen LogP contribution in [0.15, 0.2) is 36.4 Å². The molecule has 0 aliphatic carbocycles. The van der Waals surface area contributed by atoms with Gasteiger partial charge in [-0.2, -0.15) is 0 Å². The highest BCUT2D eigenvalue weighted by molar-refractivity contribution is 6.38. The van der Waals surface area contributed by atoms with Crippen molar-refractivity contribution in [2.75, 3.05) is 25.9 Å². The van der Waals surface area contributed by atoms with Crippen molar-refractivity contribution in [3.8, 4) is 0 Å². The van der Waals surface area contributed by atoms with Crippen LogP contribution in [0, 0.1) is 0 Å². The highest BCUT2D eigenvalue weighted by Crippen LogP contribution is 2.31. The molecule has 7 heteroatoms. The highest BCUT2D eigenvalue weighted by Gasteiger charge is 2.14. The summed E-state index contributed by atoms with van der Waals surface area (Å²) in [5.41, 5.74) is 7.98. The molecule has 2 aromatic rings. The number of hydrogen-bond donors (Lipinski definition) is 2. The fourth-order valence-corrected chi connectivity index (χ4v) is 3.12. The van der Waals surface area contributed by atoms with Crippen LogP contribution in [0.25, 0.3) is 0 Å². The van der Waals surface area contributed by atoms with Crippen molar-refractivity contribution < 1.29 is 5.11 Å². The first-order valence-electron chi connectivity index (χ1n) is 7.72. The molecule has 3 N–H and O–H groups in total. The first kappa shape index (κ1) is 22.4. The number of likely N-dealkylation sites (N-methyl/N-ethyl adjacent to an activating group) is 1. The number of nitrogens with zero attached hydrogens (tertiary/aromatic N) is 1. The van der Waals surface area contributed by atoms with Crippen molar-refractivity contribution in [2.45, 2.75) is 18.9 Å². The number of benzene rings is 2. The number of aryl methyl sites for hydroxylation is 1. The normalized spacial score (nSPS) is 12.1. The average Bonchev–Trinajstić information content (AvgIpc) is 2.54. The third kappa shape index (κ3) is 6.86. The van der Waals surface area contributed by atoms with Gasteiger partial charge in [0.1, 0.15) is 0 Å². The molecule has 0 saturated heterocycles. The van der Waals surface area contributed by atoms with Crippen LogP contribution >= 0.6 is 47.2 Å². The number of anilines is 1. The van der Waals surface area contributed by atoms with Gasteiger partial charge in [0.15, 0.2) is 0 Å². The average molecular weight is 424 g/mol. The van der Waals surface area contributed by atoms with E-state index in [0.29, 0.717) is 27.8 Å². The molecule has 0 spiro atoms. The van der Waals surface area contributed by atoms with E-state index in [4.69, 9.17) is 40.5 Å². The smallest absolute Gasteiger partial charge is 0.0917 e. The van der Waals surface area contributed by atoms with Gasteiger partial charge in [0, 0.05) is 11.6 Å². The van der Waals surface area contributed by atoms with Crippen LogP contribution in [0.1, 0.15) is 23.7 Å². The fourth-order valence-electron chi connectivity index (χ4n) is 2.49. The Kier molecular flexibility index (Phi) is 9.36. The first-order chi connectivity index (χ1) is 11.4. The largest absolute Gasteiger partial charge is 0.396 e. The second kappa shape index (κ2) is 10.5. The third-order valence-electron chi connectivity index (χ3n) is 3.89. The molecular formula is C18H22Cl4N2O. The lowest BCUT2D eigenvalue weighted by Crippen LogP contribution is -2.26. The van der Waals surface area contributed by atoms with Gasteiger partial charge < -0.3 is 15.7 Å². The second-order valence-electron chi connectivity index (χ2n) is 5.91. The minimum atomic E-state index is -0.666. The molecule has 0 aliphatic rings. The summed E-state index contributed by atoms with van der Waals surface area (Å²) in [6.45, 7) is 1.37. The Bertz CT molecular complexity index is 656. The van der Waals surface area contributed by atoms with E-state index in [2.05, 4.69) is 4.90 Å². The van der Waals surface area contributed by atoms with Crippen molar-refractivity contribution in [3.63, 3.8) is 0 Å². The lowest BCUT2D eigenvalue weighted by Gasteiger charge is -2.21. The number of aliphatic hydroxyl groups is 1. The standard InChI is InChI=1S/C18H21Cl3N2O.ClH/c1-23(8-2-3-12-4-6-14(19)7-5-12)11-17(24)13-9-15(20)18(22)16(21)10-13;/h4-7,9-10,17,24H,2-3,8,11,22H2,1H3;1H. The fraction of sp³-hybridized carbons (Fsp3) is 0.333. The van der Waals surface area contributed by atoms with E-state index in [-0.39, 0.29) is 12.4 Å². The molecule has 3 nitrogen and oxygen atoms in total. The van der Waals surface area contributed by atoms with E-state index >= 15 is 0 Å². The summed E-state index contributed by atoms with van der Waals surface area (Å²) in [6, 6.07) is 11.2. The molecule has 0 radical (unpaired) electrons. The number of halogens is 4. The van der Waals surface area contributed by atoms with Gasteiger partial charge in [-0.1, -0.05) is 46.9 Å². The molecule has 138 valence electrons. The lowest BCUT2D eigenvalue weighted by molar-refractivity contribution is 0.126. The van der Waals surface area contributed by atoms with Crippen LogP contribution < -0.4 is 5.73 Å². The minimum Gasteiger partial charge on any atom is -0.396 e. The molecule has 0 aliphatic heterocycles.